The van der Waals surface area contributed by atoms with E-state index < -0.39 is 0 Å². The molecule has 1 aromatic heterocycles. The minimum atomic E-state index is 0.250. The van der Waals surface area contributed by atoms with Gasteiger partial charge in [0.25, 0.3) is 0 Å². The summed E-state index contributed by atoms with van der Waals surface area (Å²) in [6, 6.07) is 5.63. The molecular formula is C12H8N4O2. The first-order valence-electron chi connectivity index (χ1n) is 5.24. The maximum Gasteiger partial charge on any atom is 0.236 e. The van der Waals surface area contributed by atoms with Gasteiger partial charge in [-0.3, -0.25) is 5.32 Å². The molecule has 0 aliphatic carbocycles. The van der Waals surface area contributed by atoms with E-state index in [1.165, 1.54) is 0 Å². The molecule has 0 saturated heterocycles. The number of nitrogens with one attached hydrogen (secondary N) is 1. The number of benzene rings is 1. The van der Waals surface area contributed by atoms with Crippen molar-refractivity contribution in [1.29, 1.82) is 5.26 Å². The van der Waals surface area contributed by atoms with Gasteiger partial charge in [-0.2, -0.15) is 5.26 Å². The molecule has 0 atom stereocenters. The van der Waals surface area contributed by atoms with Crippen LogP contribution in [0.25, 0.3) is 11.1 Å². The van der Waals surface area contributed by atoms with E-state index in [-0.39, 0.29) is 12.7 Å². The van der Waals surface area contributed by atoms with Gasteiger partial charge in [0, 0.05) is 18.0 Å². The number of nitriles is 1. The summed E-state index contributed by atoms with van der Waals surface area (Å²) in [5, 5.41) is 10.8. The van der Waals surface area contributed by atoms with E-state index in [1.807, 2.05) is 18.2 Å². The lowest BCUT2D eigenvalue weighted by Crippen LogP contribution is -1.95. The van der Waals surface area contributed by atoms with Gasteiger partial charge >= 0.3 is 0 Å². The summed E-state index contributed by atoms with van der Waals surface area (Å²) >= 11 is 0. The third kappa shape index (κ3) is 1.78. The van der Waals surface area contributed by atoms with Crippen molar-refractivity contribution in [3.8, 4) is 28.8 Å². The van der Waals surface area contributed by atoms with Crippen LogP contribution in [0, 0.1) is 11.5 Å². The lowest BCUT2D eigenvalue weighted by atomic mass is 10.1. The van der Waals surface area contributed by atoms with Gasteiger partial charge in [-0.1, -0.05) is 6.07 Å². The molecule has 1 aromatic carbocycles. The zero-order valence-corrected chi connectivity index (χ0v) is 9.25. The van der Waals surface area contributed by atoms with Crippen molar-refractivity contribution in [1.82, 2.24) is 9.97 Å². The van der Waals surface area contributed by atoms with Crippen LogP contribution in [0.4, 0.5) is 5.95 Å². The Hall–Kier alpha value is -2.81. The Morgan fingerprint density at radius 2 is 1.89 bits per heavy atom. The standard InChI is InChI=1S/C12H8N4O2/c13-6-16-12-14-4-9(5-15-12)8-1-2-10-11(3-8)18-7-17-10/h1-5H,7H2,(H,14,15,16). The number of hydrogen-bond acceptors (Lipinski definition) is 6. The molecule has 2 heterocycles. The predicted octanol–water partition coefficient (Wildman–Crippen LogP) is 1.77. The topological polar surface area (TPSA) is 80.1 Å². The number of nitrogens with zero attached hydrogens (tertiary/aromatic N) is 3. The lowest BCUT2D eigenvalue weighted by molar-refractivity contribution is 0.174. The Balaban J connectivity index is 1.93. The number of hydrogen-bond donors (Lipinski definition) is 1. The molecule has 0 unspecified atom stereocenters. The van der Waals surface area contributed by atoms with E-state index in [0.717, 1.165) is 16.9 Å². The van der Waals surface area contributed by atoms with E-state index in [0.29, 0.717) is 5.75 Å². The third-order valence-electron chi connectivity index (χ3n) is 2.53. The highest BCUT2D eigenvalue weighted by molar-refractivity contribution is 5.66. The minimum Gasteiger partial charge on any atom is -0.454 e. The molecule has 18 heavy (non-hydrogen) atoms. The van der Waals surface area contributed by atoms with Gasteiger partial charge in [-0.25, -0.2) is 9.97 Å². The molecule has 2 aromatic rings. The fourth-order valence-electron chi connectivity index (χ4n) is 1.67. The van der Waals surface area contributed by atoms with Crippen molar-refractivity contribution in [3.05, 3.63) is 30.6 Å². The summed E-state index contributed by atoms with van der Waals surface area (Å²) in [5.41, 5.74) is 1.78. The monoisotopic (exact) mass is 240 g/mol. The zero-order valence-electron chi connectivity index (χ0n) is 9.25. The summed E-state index contributed by atoms with van der Waals surface area (Å²) in [6.07, 6.45) is 5.05. The zero-order chi connectivity index (χ0) is 12.4. The van der Waals surface area contributed by atoms with Crippen molar-refractivity contribution >= 4 is 5.95 Å². The Morgan fingerprint density at radius 3 is 2.67 bits per heavy atom. The summed E-state index contributed by atoms with van der Waals surface area (Å²) in [6.45, 7) is 0.250. The second-order valence-electron chi connectivity index (χ2n) is 3.60. The van der Waals surface area contributed by atoms with Gasteiger partial charge in [-0.05, 0) is 17.7 Å². The van der Waals surface area contributed by atoms with Crippen LogP contribution in [-0.4, -0.2) is 16.8 Å². The quantitative estimate of drug-likeness (QED) is 0.636. The lowest BCUT2D eigenvalue weighted by Gasteiger charge is -2.03. The Kier molecular flexibility index (Phi) is 2.43. The first-order valence-corrected chi connectivity index (χ1v) is 5.24. The molecule has 0 saturated carbocycles. The third-order valence-corrected chi connectivity index (χ3v) is 2.53. The van der Waals surface area contributed by atoms with Crippen molar-refractivity contribution in [2.24, 2.45) is 0 Å². The minimum absolute atomic E-state index is 0.250. The number of anilines is 1. The maximum atomic E-state index is 8.44. The van der Waals surface area contributed by atoms with Gasteiger partial charge in [0.15, 0.2) is 17.7 Å². The largest absolute Gasteiger partial charge is 0.454 e. The smallest absolute Gasteiger partial charge is 0.236 e. The van der Waals surface area contributed by atoms with Crippen molar-refractivity contribution in [2.75, 3.05) is 12.1 Å². The van der Waals surface area contributed by atoms with Crippen LogP contribution >= 0.6 is 0 Å². The summed E-state index contributed by atoms with van der Waals surface area (Å²) in [5.74, 6) is 1.73. The Bertz CT molecular complexity index is 619. The average Bonchev–Trinajstić information content (AvgIpc) is 2.87. The number of aromatic nitrogens is 2. The Morgan fingerprint density at radius 1 is 1.11 bits per heavy atom. The van der Waals surface area contributed by atoms with Gasteiger partial charge in [0.2, 0.25) is 12.7 Å². The van der Waals surface area contributed by atoms with Crippen molar-refractivity contribution < 1.29 is 9.47 Å². The molecule has 0 fully saturated rings. The van der Waals surface area contributed by atoms with Gasteiger partial charge < -0.3 is 9.47 Å². The van der Waals surface area contributed by atoms with E-state index in [2.05, 4.69) is 15.3 Å². The van der Waals surface area contributed by atoms with E-state index in [9.17, 15) is 0 Å². The number of ether oxygens (including phenoxy) is 2. The van der Waals surface area contributed by atoms with Crippen LogP contribution in [0.5, 0.6) is 11.5 Å². The molecule has 3 rings (SSSR count). The second kappa shape index (κ2) is 4.22. The summed E-state index contributed by atoms with van der Waals surface area (Å²) < 4.78 is 10.5. The molecule has 6 heteroatoms. The first kappa shape index (κ1) is 10.4. The molecule has 6 nitrogen and oxygen atoms in total. The highest BCUT2D eigenvalue weighted by atomic mass is 16.7. The molecule has 0 amide bonds. The van der Waals surface area contributed by atoms with Crippen LogP contribution in [0.15, 0.2) is 30.6 Å². The molecule has 1 aliphatic rings. The molecule has 1 aliphatic heterocycles. The highest BCUT2D eigenvalue weighted by Gasteiger charge is 2.13. The van der Waals surface area contributed by atoms with Gasteiger partial charge in [0.1, 0.15) is 0 Å². The second-order valence-corrected chi connectivity index (χ2v) is 3.60. The molecular weight excluding hydrogens is 232 g/mol. The van der Waals surface area contributed by atoms with E-state index >= 15 is 0 Å². The average molecular weight is 240 g/mol. The summed E-state index contributed by atoms with van der Waals surface area (Å²) in [4.78, 5) is 8.04. The molecule has 1 N–H and O–H groups in total. The van der Waals surface area contributed by atoms with Crippen molar-refractivity contribution in [2.45, 2.75) is 0 Å². The molecule has 88 valence electrons. The fraction of sp³-hybridized carbons (Fsp3) is 0.0833. The van der Waals surface area contributed by atoms with Crippen LogP contribution < -0.4 is 14.8 Å². The maximum absolute atomic E-state index is 8.44. The van der Waals surface area contributed by atoms with E-state index in [4.69, 9.17) is 14.7 Å². The van der Waals surface area contributed by atoms with Crippen LogP contribution in [0.1, 0.15) is 0 Å². The van der Waals surface area contributed by atoms with Crippen molar-refractivity contribution in [3.63, 3.8) is 0 Å². The van der Waals surface area contributed by atoms with Gasteiger partial charge in [0.05, 0.1) is 0 Å². The highest BCUT2D eigenvalue weighted by Crippen LogP contribution is 2.35. The molecule has 0 radical (unpaired) electrons. The normalized spacial score (nSPS) is 11.9. The predicted molar refractivity (Wildman–Crippen MR) is 62.8 cm³/mol. The van der Waals surface area contributed by atoms with Gasteiger partial charge in [-0.15, -0.1) is 0 Å². The van der Waals surface area contributed by atoms with E-state index in [1.54, 1.807) is 18.6 Å². The molecule has 0 bridgehead atoms. The molecule has 0 spiro atoms. The SMILES string of the molecule is N#CNc1ncc(-c2ccc3c(c2)OCO3)cn1. The van der Waals surface area contributed by atoms with Crippen LogP contribution in [0.3, 0.4) is 0 Å². The fourth-order valence-corrected chi connectivity index (χ4v) is 1.67. The number of rotatable bonds is 2. The first-order chi connectivity index (χ1) is 8.86. The van der Waals surface area contributed by atoms with Crippen LogP contribution in [0.2, 0.25) is 0 Å². The summed E-state index contributed by atoms with van der Waals surface area (Å²) in [7, 11) is 0. The van der Waals surface area contributed by atoms with Crippen LogP contribution in [-0.2, 0) is 0 Å². The number of fused-ring (bicyclic) bond motifs is 1. The Labute approximate surface area is 103 Å².